The largest absolute Gasteiger partial charge is 0.573 e. The Morgan fingerprint density at radius 3 is 2.56 bits per heavy atom. The molecule has 0 radical (unpaired) electrons. The highest BCUT2D eigenvalue weighted by Gasteiger charge is 2.38. The number of alkyl halides is 3. The number of benzene rings is 2. The van der Waals surface area contributed by atoms with Crippen molar-refractivity contribution in [1.29, 1.82) is 0 Å². The Bertz CT molecular complexity index is 1470. The third kappa shape index (κ3) is 7.19. The van der Waals surface area contributed by atoms with Crippen molar-refractivity contribution in [3.63, 3.8) is 0 Å². The fourth-order valence-electron chi connectivity index (χ4n) is 5.50. The summed E-state index contributed by atoms with van der Waals surface area (Å²) in [5.41, 5.74) is 0.740. The first-order valence-electron chi connectivity index (χ1n) is 13.0. The van der Waals surface area contributed by atoms with Crippen LogP contribution in [0.1, 0.15) is 43.6 Å². The van der Waals surface area contributed by atoms with Crippen molar-refractivity contribution < 1.29 is 35.5 Å². The summed E-state index contributed by atoms with van der Waals surface area (Å²) in [5, 5.41) is -0.0752. The Kier molecular flexibility index (Phi) is 8.57. The molecule has 2 aliphatic rings. The molecule has 5 rings (SSSR count). The van der Waals surface area contributed by atoms with Gasteiger partial charge in [0.25, 0.3) is 10.0 Å². The standard InChI is InChI=1S/C27H27ClF4N4O4S/c28-20-14-25(41(37,38)35-26-8-9-33-16-34-26)21(29)15-24(20)39-23-7-6-18(13-22(23)36-10-1-2-11-36)17-4-3-5-19(12-17)40-27(30,31)32/h3-5,8-9,12,14-16,18,22-23H,1-2,6-7,10-11,13H2,(H,33,34,35)/t18-,22-,23-/m0/s1. The molecule has 8 nitrogen and oxygen atoms in total. The molecule has 0 unspecified atom stereocenters. The molecular formula is C27H27ClF4N4O4S. The van der Waals surface area contributed by atoms with Crippen molar-refractivity contribution in [1.82, 2.24) is 14.9 Å². The Labute approximate surface area is 239 Å². The highest BCUT2D eigenvalue weighted by atomic mass is 35.5. The summed E-state index contributed by atoms with van der Waals surface area (Å²) in [4.78, 5) is 9.12. The van der Waals surface area contributed by atoms with Gasteiger partial charge in [0, 0.05) is 18.3 Å². The molecule has 1 saturated heterocycles. The van der Waals surface area contributed by atoms with Gasteiger partial charge in [-0.3, -0.25) is 9.62 Å². The molecule has 220 valence electrons. The zero-order valence-electron chi connectivity index (χ0n) is 21.7. The highest BCUT2D eigenvalue weighted by Crippen LogP contribution is 2.41. The number of anilines is 1. The van der Waals surface area contributed by atoms with Crippen molar-refractivity contribution in [2.24, 2.45) is 0 Å². The van der Waals surface area contributed by atoms with E-state index < -0.39 is 33.2 Å². The maximum absolute atomic E-state index is 15.1. The van der Waals surface area contributed by atoms with Gasteiger partial charge in [0.2, 0.25) is 0 Å². The minimum Gasteiger partial charge on any atom is -0.487 e. The smallest absolute Gasteiger partial charge is 0.487 e. The summed E-state index contributed by atoms with van der Waals surface area (Å²) in [6, 6.07) is 9.20. The second kappa shape index (κ2) is 12.0. The Balaban J connectivity index is 1.35. The molecule has 2 heterocycles. The SMILES string of the molecule is O=S(=O)(Nc1ccncn1)c1cc(Cl)c(O[C@H]2CC[C@H](c3cccc(OC(F)(F)F)c3)C[C@@H]2N2CCCC2)cc1F. The topological polar surface area (TPSA) is 93.7 Å². The number of nitrogens with zero attached hydrogens (tertiary/aromatic N) is 3. The zero-order chi connectivity index (χ0) is 29.2. The number of hydrogen-bond donors (Lipinski definition) is 1. The van der Waals surface area contributed by atoms with E-state index >= 15 is 4.39 Å². The van der Waals surface area contributed by atoms with Crippen LogP contribution < -0.4 is 14.2 Å². The molecule has 3 atom stereocenters. The fraction of sp³-hybridized carbons (Fsp3) is 0.407. The average molecular weight is 615 g/mol. The summed E-state index contributed by atoms with van der Waals surface area (Å²) in [6.07, 6.45) is 1.07. The van der Waals surface area contributed by atoms with Gasteiger partial charge in [-0.2, -0.15) is 0 Å². The molecule has 3 aromatic rings. The van der Waals surface area contributed by atoms with Crippen molar-refractivity contribution in [2.75, 3.05) is 17.8 Å². The van der Waals surface area contributed by atoms with Crippen LogP contribution in [-0.2, 0) is 10.0 Å². The Morgan fingerprint density at radius 1 is 1.07 bits per heavy atom. The summed E-state index contributed by atoms with van der Waals surface area (Å²) in [6.45, 7) is 1.67. The lowest BCUT2D eigenvalue weighted by molar-refractivity contribution is -0.274. The molecule has 1 aromatic heterocycles. The molecule has 1 saturated carbocycles. The van der Waals surface area contributed by atoms with Crippen LogP contribution in [0, 0.1) is 5.82 Å². The average Bonchev–Trinajstić information content (AvgIpc) is 3.45. The highest BCUT2D eigenvalue weighted by molar-refractivity contribution is 7.92. The van der Waals surface area contributed by atoms with E-state index in [0.29, 0.717) is 19.3 Å². The number of nitrogens with one attached hydrogen (secondary N) is 1. The predicted octanol–water partition coefficient (Wildman–Crippen LogP) is 6.15. The van der Waals surface area contributed by atoms with Crippen molar-refractivity contribution in [3.05, 3.63) is 71.4 Å². The van der Waals surface area contributed by atoms with Crippen LogP contribution in [0.5, 0.6) is 11.5 Å². The number of rotatable bonds is 8. The van der Waals surface area contributed by atoms with Crippen LogP contribution in [0.25, 0.3) is 0 Å². The molecule has 2 fully saturated rings. The summed E-state index contributed by atoms with van der Waals surface area (Å²) < 4.78 is 91.5. The molecule has 0 bridgehead atoms. The van der Waals surface area contributed by atoms with Gasteiger partial charge in [-0.1, -0.05) is 23.7 Å². The first kappa shape index (κ1) is 29.3. The summed E-state index contributed by atoms with van der Waals surface area (Å²) in [5.74, 6) is -1.36. The van der Waals surface area contributed by atoms with E-state index in [1.807, 2.05) is 0 Å². The normalized spacial score (nSPS) is 21.9. The molecule has 0 spiro atoms. The number of halogens is 5. The van der Waals surface area contributed by atoms with Gasteiger partial charge < -0.3 is 9.47 Å². The van der Waals surface area contributed by atoms with Gasteiger partial charge in [-0.05, 0) is 80.9 Å². The molecule has 1 N–H and O–H groups in total. The zero-order valence-corrected chi connectivity index (χ0v) is 23.2. The number of likely N-dealkylation sites (tertiary alicyclic amines) is 1. The minimum atomic E-state index is -4.78. The summed E-state index contributed by atoms with van der Waals surface area (Å²) >= 11 is 6.40. The van der Waals surface area contributed by atoms with Crippen LogP contribution in [0.15, 0.2) is 59.9 Å². The first-order valence-corrected chi connectivity index (χ1v) is 14.9. The Hall–Kier alpha value is -3.16. The van der Waals surface area contributed by atoms with Gasteiger partial charge in [-0.15, -0.1) is 13.2 Å². The maximum Gasteiger partial charge on any atom is 0.573 e. The maximum atomic E-state index is 15.1. The number of ether oxygens (including phenoxy) is 2. The van der Waals surface area contributed by atoms with E-state index in [1.54, 1.807) is 12.1 Å². The van der Waals surface area contributed by atoms with Gasteiger partial charge in [-0.25, -0.2) is 22.8 Å². The second-order valence-corrected chi connectivity index (χ2v) is 12.1. The number of aromatic nitrogens is 2. The third-order valence-corrected chi connectivity index (χ3v) is 8.97. The van der Waals surface area contributed by atoms with Crippen LogP contribution >= 0.6 is 11.6 Å². The first-order chi connectivity index (χ1) is 19.5. The molecule has 14 heteroatoms. The lowest BCUT2D eigenvalue weighted by atomic mass is 9.79. The molecule has 1 aliphatic carbocycles. The van der Waals surface area contributed by atoms with Gasteiger partial charge in [0.05, 0.1) is 5.02 Å². The van der Waals surface area contributed by atoms with E-state index in [-0.39, 0.29) is 34.3 Å². The second-order valence-electron chi connectivity index (χ2n) is 10.0. The lowest BCUT2D eigenvalue weighted by Crippen LogP contribution is -2.48. The quantitative estimate of drug-likeness (QED) is 0.304. The van der Waals surface area contributed by atoms with Crippen molar-refractivity contribution >= 4 is 27.4 Å². The van der Waals surface area contributed by atoms with E-state index in [9.17, 15) is 21.6 Å². The van der Waals surface area contributed by atoms with Crippen LogP contribution in [0.3, 0.4) is 0 Å². The van der Waals surface area contributed by atoms with Crippen molar-refractivity contribution in [2.45, 2.75) is 61.4 Å². The van der Waals surface area contributed by atoms with Crippen LogP contribution in [-0.4, -0.2) is 54.9 Å². The molecule has 2 aromatic carbocycles. The van der Waals surface area contributed by atoms with Gasteiger partial charge in [0.1, 0.15) is 40.5 Å². The molecule has 0 amide bonds. The van der Waals surface area contributed by atoms with Crippen LogP contribution in [0.4, 0.5) is 23.4 Å². The monoisotopic (exact) mass is 614 g/mol. The summed E-state index contributed by atoms with van der Waals surface area (Å²) in [7, 11) is -4.34. The van der Waals surface area contributed by atoms with E-state index in [1.165, 1.54) is 24.4 Å². The predicted molar refractivity (Wildman–Crippen MR) is 143 cm³/mol. The van der Waals surface area contributed by atoms with E-state index in [0.717, 1.165) is 50.0 Å². The number of sulfonamides is 1. The van der Waals surface area contributed by atoms with E-state index in [2.05, 4.69) is 24.3 Å². The molecular weight excluding hydrogens is 588 g/mol. The van der Waals surface area contributed by atoms with E-state index in [4.69, 9.17) is 16.3 Å². The molecule has 1 aliphatic heterocycles. The van der Waals surface area contributed by atoms with Gasteiger partial charge >= 0.3 is 6.36 Å². The van der Waals surface area contributed by atoms with Crippen LogP contribution in [0.2, 0.25) is 5.02 Å². The Morgan fingerprint density at radius 2 is 1.85 bits per heavy atom. The van der Waals surface area contributed by atoms with Gasteiger partial charge in [0.15, 0.2) is 0 Å². The lowest BCUT2D eigenvalue weighted by Gasteiger charge is -2.41. The number of hydrogen-bond acceptors (Lipinski definition) is 7. The fourth-order valence-corrected chi connectivity index (χ4v) is 6.86. The molecule has 41 heavy (non-hydrogen) atoms. The third-order valence-electron chi connectivity index (χ3n) is 7.30. The minimum absolute atomic E-state index is 0.0124. The van der Waals surface area contributed by atoms with Crippen molar-refractivity contribution in [3.8, 4) is 11.5 Å².